The van der Waals surface area contributed by atoms with Gasteiger partial charge in [0.1, 0.15) is 11.9 Å². The Kier molecular flexibility index (Phi) is 11.5. The quantitative estimate of drug-likeness (QED) is 0.279. The molecule has 0 heterocycles. The fourth-order valence-corrected chi connectivity index (χ4v) is 2.88. The number of methoxy groups -OCH3 is 3. The lowest BCUT2D eigenvalue weighted by Gasteiger charge is -2.18. The summed E-state index contributed by atoms with van der Waals surface area (Å²) in [6.07, 6.45) is -0.0757. The van der Waals surface area contributed by atoms with E-state index in [1.165, 1.54) is 0 Å². The molecule has 2 rings (SSSR count). The third kappa shape index (κ3) is 7.64. The van der Waals surface area contributed by atoms with Crippen molar-refractivity contribution >= 4 is 41.5 Å². The van der Waals surface area contributed by atoms with Crippen LogP contribution in [0.1, 0.15) is 12.5 Å². The van der Waals surface area contributed by atoms with Crippen LogP contribution in [-0.4, -0.2) is 47.0 Å². The minimum Gasteiger partial charge on any atom is -0.493 e. The van der Waals surface area contributed by atoms with Crippen molar-refractivity contribution in [1.29, 1.82) is 0 Å². The summed E-state index contributed by atoms with van der Waals surface area (Å²) in [6, 6.07) is 11.1. The van der Waals surface area contributed by atoms with Crippen LogP contribution >= 0.6 is 35.6 Å². The molecule has 2 aromatic carbocycles. The van der Waals surface area contributed by atoms with Gasteiger partial charge in [0.15, 0.2) is 17.5 Å². The number of nitrogens with zero attached hydrogens (tertiary/aromatic N) is 1. The maximum Gasteiger partial charge on any atom is 0.203 e. The molecule has 0 fully saturated rings. The molecular weight excluding hydrogens is 521 g/mol. The standard InChI is InChI=1S/C21H28ClN3O4.HI/c1-14(29-17-8-6-7-16(22)11-17)12-24-21(23-2)25-13-15-9-18(26-3)20(28-5)19(10-15)27-4;/h6-11,14H,12-13H2,1-5H3,(H2,23,24,25);1H. The second kappa shape index (κ2) is 13.3. The highest BCUT2D eigenvalue weighted by Crippen LogP contribution is 2.38. The van der Waals surface area contributed by atoms with Crippen LogP contribution in [0.3, 0.4) is 0 Å². The Balaban J connectivity index is 0.00000450. The first-order chi connectivity index (χ1) is 14.0. The maximum atomic E-state index is 5.99. The molecule has 2 N–H and O–H groups in total. The first kappa shape index (κ1) is 26.0. The van der Waals surface area contributed by atoms with Crippen LogP contribution in [0.2, 0.25) is 5.02 Å². The Morgan fingerprint density at radius 3 is 2.23 bits per heavy atom. The van der Waals surface area contributed by atoms with Crippen molar-refractivity contribution in [2.75, 3.05) is 34.9 Å². The number of hydrogen-bond acceptors (Lipinski definition) is 5. The largest absolute Gasteiger partial charge is 0.493 e. The molecule has 0 saturated carbocycles. The minimum atomic E-state index is -0.0757. The van der Waals surface area contributed by atoms with Crippen LogP contribution in [0.15, 0.2) is 41.4 Å². The molecule has 0 bridgehead atoms. The molecule has 2 aromatic rings. The molecule has 30 heavy (non-hydrogen) atoms. The molecule has 0 amide bonds. The van der Waals surface area contributed by atoms with E-state index in [-0.39, 0.29) is 30.1 Å². The summed E-state index contributed by atoms with van der Waals surface area (Å²) >= 11 is 5.99. The molecule has 0 aliphatic rings. The van der Waals surface area contributed by atoms with Gasteiger partial charge < -0.3 is 29.6 Å². The zero-order chi connectivity index (χ0) is 21.2. The highest BCUT2D eigenvalue weighted by atomic mass is 127. The molecule has 166 valence electrons. The fraction of sp³-hybridized carbons (Fsp3) is 0.381. The number of aliphatic imine (C=N–C) groups is 1. The van der Waals surface area contributed by atoms with E-state index in [1.54, 1.807) is 34.4 Å². The summed E-state index contributed by atoms with van der Waals surface area (Å²) < 4.78 is 22.0. The third-order valence-electron chi connectivity index (χ3n) is 4.10. The predicted octanol–water partition coefficient (Wildman–Crippen LogP) is 4.12. The predicted molar refractivity (Wildman–Crippen MR) is 131 cm³/mol. The van der Waals surface area contributed by atoms with Crippen LogP contribution in [0.25, 0.3) is 0 Å². The van der Waals surface area contributed by atoms with Gasteiger partial charge in [0.25, 0.3) is 0 Å². The third-order valence-corrected chi connectivity index (χ3v) is 4.33. The number of ether oxygens (including phenoxy) is 4. The topological polar surface area (TPSA) is 73.3 Å². The molecule has 0 radical (unpaired) electrons. The van der Waals surface area contributed by atoms with Gasteiger partial charge in [-0.3, -0.25) is 4.99 Å². The molecule has 1 atom stereocenters. The first-order valence-electron chi connectivity index (χ1n) is 9.16. The van der Waals surface area contributed by atoms with E-state index in [2.05, 4.69) is 15.6 Å². The Morgan fingerprint density at radius 1 is 1.03 bits per heavy atom. The highest BCUT2D eigenvalue weighted by Gasteiger charge is 2.13. The van der Waals surface area contributed by atoms with E-state index in [0.717, 1.165) is 11.3 Å². The van der Waals surface area contributed by atoms with Crippen LogP contribution in [0.5, 0.6) is 23.0 Å². The van der Waals surface area contributed by atoms with E-state index in [4.69, 9.17) is 30.5 Å². The van der Waals surface area contributed by atoms with Crippen molar-refractivity contribution < 1.29 is 18.9 Å². The van der Waals surface area contributed by atoms with Crippen LogP contribution in [0.4, 0.5) is 0 Å². The van der Waals surface area contributed by atoms with Gasteiger partial charge in [0.2, 0.25) is 5.75 Å². The number of nitrogens with one attached hydrogen (secondary N) is 2. The molecule has 0 aliphatic carbocycles. The fourth-order valence-electron chi connectivity index (χ4n) is 2.70. The van der Waals surface area contributed by atoms with Crippen molar-refractivity contribution in [1.82, 2.24) is 10.6 Å². The van der Waals surface area contributed by atoms with Crippen LogP contribution < -0.4 is 29.6 Å². The monoisotopic (exact) mass is 549 g/mol. The Hall–Kier alpha value is -2.07. The highest BCUT2D eigenvalue weighted by molar-refractivity contribution is 14.0. The summed E-state index contributed by atoms with van der Waals surface area (Å²) in [6.45, 7) is 3.07. The van der Waals surface area contributed by atoms with E-state index in [0.29, 0.717) is 41.3 Å². The zero-order valence-electron chi connectivity index (χ0n) is 17.8. The lowest BCUT2D eigenvalue weighted by atomic mass is 10.2. The molecule has 0 aromatic heterocycles. The summed E-state index contributed by atoms with van der Waals surface area (Å²) in [5.74, 6) is 3.16. The zero-order valence-corrected chi connectivity index (χ0v) is 20.9. The lowest BCUT2D eigenvalue weighted by Crippen LogP contribution is -2.41. The van der Waals surface area contributed by atoms with Crippen molar-refractivity contribution in [2.24, 2.45) is 4.99 Å². The molecule has 0 saturated heterocycles. The molecule has 1 unspecified atom stereocenters. The first-order valence-corrected chi connectivity index (χ1v) is 9.54. The summed E-state index contributed by atoms with van der Waals surface area (Å²) in [7, 11) is 6.48. The van der Waals surface area contributed by atoms with Crippen LogP contribution in [0, 0.1) is 0 Å². The number of halogens is 2. The Morgan fingerprint density at radius 2 is 1.70 bits per heavy atom. The maximum absolute atomic E-state index is 5.99. The van der Waals surface area contributed by atoms with Gasteiger partial charge in [-0.05, 0) is 42.8 Å². The van der Waals surface area contributed by atoms with Gasteiger partial charge in [0.05, 0.1) is 27.9 Å². The van der Waals surface area contributed by atoms with Crippen molar-refractivity contribution in [2.45, 2.75) is 19.6 Å². The SMILES string of the molecule is CN=C(NCc1cc(OC)c(OC)c(OC)c1)NCC(C)Oc1cccc(Cl)c1.I. The van der Waals surface area contributed by atoms with Crippen LogP contribution in [-0.2, 0) is 6.54 Å². The number of benzene rings is 2. The molecule has 7 nitrogen and oxygen atoms in total. The van der Waals surface area contributed by atoms with Gasteiger partial charge in [-0.2, -0.15) is 0 Å². The molecule has 0 aliphatic heterocycles. The van der Waals surface area contributed by atoms with E-state index in [1.807, 2.05) is 37.3 Å². The van der Waals surface area contributed by atoms with Gasteiger partial charge >= 0.3 is 0 Å². The van der Waals surface area contributed by atoms with Gasteiger partial charge in [-0.15, -0.1) is 24.0 Å². The number of rotatable bonds is 9. The normalized spacial score (nSPS) is 11.7. The summed E-state index contributed by atoms with van der Waals surface area (Å²) in [4.78, 5) is 4.25. The van der Waals surface area contributed by atoms with E-state index >= 15 is 0 Å². The van der Waals surface area contributed by atoms with Crippen molar-refractivity contribution in [3.8, 4) is 23.0 Å². The molecular formula is C21H29ClIN3O4. The minimum absolute atomic E-state index is 0. The average Bonchev–Trinajstić information content (AvgIpc) is 2.72. The Labute approximate surface area is 200 Å². The van der Waals surface area contributed by atoms with Crippen molar-refractivity contribution in [3.05, 3.63) is 47.0 Å². The van der Waals surface area contributed by atoms with Gasteiger partial charge in [-0.1, -0.05) is 17.7 Å². The van der Waals surface area contributed by atoms with E-state index in [9.17, 15) is 0 Å². The molecule has 0 spiro atoms. The lowest BCUT2D eigenvalue weighted by molar-refractivity contribution is 0.224. The van der Waals surface area contributed by atoms with E-state index < -0.39 is 0 Å². The Bertz CT molecular complexity index is 811. The molecule has 9 heteroatoms. The second-order valence-corrected chi connectivity index (χ2v) is 6.66. The number of hydrogen-bond donors (Lipinski definition) is 2. The van der Waals surface area contributed by atoms with Gasteiger partial charge in [0, 0.05) is 18.6 Å². The van der Waals surface area contributed by atoms with Gasteiger partial charge in [-0.25, -0.2) is 0 Å². The van der Waals surface area contributed by atoms with Crippen molar-refractivity contribution in [3.63, 3.8) is 0 Å². The summed E-state index contributed by atoms with van der Waals surface area (Å²) in [5.41, 5.74) is 0.964. The summed E-state index contributed by atoms with van der Waals surface area (Å²) in [5, 5.41) is 7.16. The average molecular weight is 550 g/mol. The second-order valence-electron chi connectivity index (χ2n) is 6.23. The smallest absolute Gasteiger partial charge is 0.203 e. The number of guanidine groups is 1.